The molecule has 0 heterocycles. The van der Waals surface area contributed by atoms with Crippen LogP contribution < -0.4 is 51.6 Å². The van der Waals surface area contributed by atoms with Gasteiger partial charge in [-0.2, -0.15) is 0 Å². The lowest BCUT2D eigenvalue weighted by Crippen LogP contribution is -2.65. The molecule has 36 aliphatic rings. The van der Waals surface area contributed by atoms with Crippen molar-refractivity contribution in [2.75, 3.05) is 0 Å². The molecule has 630 valence electrons. The summed E-state index contributed by atoms with van der Waals surface area (Å²) in [5, 5.41) is 0. The van der Waals surface area contributed by atoms with Crippen molar-refractivity contribution in [1.82, 2.24) is 0 Å². The van der Waals surface area contributed by atoms with Crippen LogP contribution in [0, 0.1) is 154 Å². The first-order valence-electron chi connectivity index (χ1n) is 49.2. The van der Waals surface area contributed by atoms with Crippen molar-refractivity contribution < 1.29 is 0 Å². The number of hydrogen-bond acceptors (Lipinski definition) is 9. The largest absolute Gasteiger partial charge is 0.325 e. The van der Waals surface area contributed by atoms with Crippen LogP contribution >= 0.6 is 0 Å². The first-order valence-corrected chi connectivity index (χ1v) is 49.2. The summed E-state index contributed by atoms with van der Waals surface area (Å²) in [7, 11) is 0. The fourth-order valence-electron chi connectivity index (χ4n) is 45.9. The zero-order valence-corrected chi connectivity index (χ0v) is 74.5. The zero-order valence-electron chi connectivity index (χ0n) is 74.5. The van der Waals surface area contributed by atoms with Gasteiger partial charge < -0.3 is 51.6 Å². The van der Waals surface area contributed by atoms with Crippen LogP contribution in [0.15, 0.2) is 0 Å². The topological polar surface area (TPSA) is 234 Å². The smallest absolute Gasteiger partial charge is 0.0170 e. The average Bonchev–Trinajstić information content (AvgIpc) is 0.701. The third kappa shape index (κ3) is 16.4. The Hall–Kier alpha value is -0.360. The number of rotatable bonds is 0. The molecule has 0 aromatic carbocycles. The molecule has 0 radical (unpaired) electrons. The third-order valence-electron chi connectivity index (χ3n) is 40.2. The first kappa shape index (κ1) is 80.4. The van der Waals surface area contributed by atoms with Crippen LogP contribution in [-0.2, 0) is 0 Å². The lowest BCUT2D eigenvalue weighted by Gasteiger charge is -2.68. The summed E-state index contributed by atoms with van der Waals surface area (Å²) in [4.78, 5) is 0. The SMILES string of the molecule is CC12CC3(C)CC(C)(C1)CC(N)(C2)C3.CC12CC3(C)CC(C)(C1)CC(N)(C2)C3.CC12CC3CC(C)(C1)CC(N)(C3)C2.CC12CC3CC(C1)CC(N)(C3)C2.CC12CC3CC(C1)CC(N)(C3)C2.CC12CC3CC(C1)CC(N)(C3)C2.CC12CC3CC(C1)CC(N)(C3)C2.NC12CC3CC(CC(C3)C1)C2.NC12CC3CC(CC(C3)C1)C2. The molecule has 36 saturated carbocycles. The molecule has 10 atom stereocenters. The summed E-state index contributed by atoms with van der Waals surface area (Å²) in [6.07, 6.45) is 75.3. The van der Waals surface area contributed by atoms with Gasteiger partial charge in [-0.1, -0.05) is 83.1 Å². The predicted octanol–water partition coefficient (Wildman–Crippen LogP) is 21.9. The molecule has 0 amide bonds. The van der Waals surface area contributed by atoms with E-state index in [0.717, 1.165) is 88.8 Å². The van der Waals surface area contributed by atoms with Crippen LogP contribution in [-0.4, -0.2) is 49.9 Å². The van der Waals surface area contributed by atoms with E-state index < -0.39 is 0 Å². The number of hydrogen-bond donors (Lipinski definition) is 9. The zero-order chi connectivity index (χ0) is 78.3. The normalized spacial score (nSPS) is 63.2. The van der Waals surface area contributed by atoms with Crippen molar-refractivity contribution in [3.05, 3.63) is 0 Å². The van der Waals surface area contributed by atoms with E-state index in [1.54, 1.807) is 0 Å². The van der Waals surface area contributed by atoms with Crippen molar-refractivity contribution in [2.45, 2.75) is 480 Å². The van der Waals surface area contributed by atoms with Gasteiger partial charge in [0, 0.05) is 49.9 Å². The van der Waals surface area contributed by atoms with Gasteiger partial charge in [0.1, 0.15) is 0 Å². The molecule has 10 unspecified atom stereocenters. The van der Waals surface area contributed by atoms with Crippen LogP contribution in [0.1, 0.15) is 430 Å². The maximum Gasteiger partial charge on any atom is 0.0170 e. The summed E-state index contributed by atoms with van der Waals surface area (Å²) < 4.78 is 0. The summed E-state index contributed by atoms with van der Waals surface area (Å²) in [6, 6.07) is 0. The summed E-state index contributed by atoms with van der Waals surface area (Å²) in [6.45, 7) is 29.6. The van der Waals surface area contributed by atoms with Crippen molar-refractivity contribution in [1.29, 1.82) is 0 Å². The van der Waals surface area contributed by atoms with Gasteiger partial charge in [-0.3, -0.25) is 0 Å². The van der Waals surface area contributed by atoms with E-state index in [9.17, 15) is 0 Å². The van der Waals surface area contributed by atoms with E-state index in [2.05, 4.69) is 83.1 Å². The minimum absolute atomic E-state index is 0.188. The molecule has 0 aromatic rings. The quantitative estimate of drug-likeness (QED) is 0.112. The minimum atomic E-state index is 0.188. The highest BCUT2D eigenvalue weighted by Crippen LogP contribution is 2.73. The maximum atomic E-state index is 6.58. The van der Waals surface area contributed by atoms with E-state index in [1.165, 1.54) is 347 Å². The molecule has 18 N–H and O–H groups in total. The molecule has 9 nitrogen and oxygen atoms in total. The molecule has 0 aliphatic heterocycles. The molecule has 36 rings (SSSR count). The Kier molecular flexibility index (Phi) is 18.6. The molecule has 0 saturated heterocycles. The van der Waals surface area contributed by atoms with Crippen LogP contribution in [0.4, 0.5) is 0 Å². The Morgan fingerprint density at radius 3 is 0.396 bits per heavy atom. The van der Waals surface area contributed by atoms with Gasteiger partial charge in [-0.15, -0.1) is 0 Å². The van der Waals surface area contributed by atoms with Gasteiger partial charge in [-0.25, -0.2) is 0 Å². The molecular formula is C102H177N9. The van der Waals surface area contributed by atoms with Crippen LogP contribution in [0.25, 0.3) is 0 Å². The van der Waals surface area contributed by atoms with Crippen molar-refractivity contribution in [2.24, 2.45) is 205 Å². The molecule has 9 heteroatoms. The van der Waals surface area contributed by atoms with Gasteiger partial charge in [-0.05, 0) is 500 Å². The third-order valence-corrected chi connectivity index (χ3v) is 40.2. The van der Waals surface area contributed by atoms with Crippen molar-refractivity contribution >= 4 is 0 Å². The van der Waals surface area contributed by atoms with Crippen LogP contribution in [0.5, 0.6) is 0 Å². The molecular weight excluding hydrogens is 1350 g/mol. The molecule has 36 aliphatic carbocycles. The Balaban J connectivity index is 0.0000000844. The van der Waals surface area contributed by atoms with Gasteiger partial charge in [0.05, 0.1) is 0 Å². The van der Waals surface area contributed by atoms with E-state index >= 15 is 0 Å². The summed E-state index contributed by atoms with van der Waals surface area (Å²) >= 11 is 0. The van der Waals surface area contributed by atoms with Gasteiger partial charge in [0.15, 0.2) is 0 Å². The monoisotopic (exact) mass is 1530 g/mol. The standard InChI is InChI=1S/2C13H23N.C12H21N.4C11H19N.2C10H17N/c2*1-10-4-11(2)6-12(3,5-10)9-13(14,7-10)8-11;1-10-3-9-4-11(2,6-10)8-12(13,5-9)7-10;4*1-10-3-8-2-9(4-10)6-11(12,5-8)7-10;2*11-10-4-7-1-8(5-10)3-9(2-7)6-10/h2*4-9,14H2,1-3H3;9H,3-8,13H2,1-2H3;4*8-9H,2-7,12H2,1H3;2*7-9H,1-6,11H2. The minimum Gasteiger partial charge on any atom is -0.325 e. The van der Waals surface area contributed by atoms with Crippen LogP contribution in [0.2, 0.25) is 0 Å². The lowest BCUT2D eigenvalue weighted by molar-refractivity contribution is -0.147. The van der Waals surface area contributed by atoms with Gasteiger partial charge >= 0.3 is 0 Å². The Morgan fingerprint density at radius 2 is 0.252 bits per heavy atom. The van der Waals surface area contributed by atoms with Crippen molar-refractivity contribution in [3.8, 4) is 0 Å². The van der Waals surface area contributed by atoms with Crippen molar-refractivity contribution in [3.63, 3.8) is 0 Å². The highest BCUT2D eigenvalue weighted by atomic mass is 14.9. The lowest BCUT2D eigenvalue weighted by atomic mass is 9.39. The van der Waals surface area contributed by atoms with Gasteiger partial charge in [0.25, 0.3) is 0 Å². The Morgan fingerprint density at radius 1 is 0.117 bits per heavy atom. The molecule has 111 heavy (non-hydrogen) atoms. The van der Waals surface area contributed by atoms with Crippen LogP contribution in [0.3, 0.4) is 0 Å². The fourth-order valence-corrected chi connectivity index (χ4v) is 45.9. The molecule has 36 fully saturated rings. The van der Waals surface area contributed by atoms with E-state index in [1.807, 2.05) is 0 Å². The highest BCUT2D eigenvalue weighted by molar-refractivity contribution is 5.21. The molecule has 0 aromatic heterocycles. The first-order chi connectivity index (χ1) is 51.1. The molecule has 36 bridgehead atoms. The average molecular weight is 1530 g/mol. The Bertz CT molecular complexity index is 2780. The second kappa shape index (κ2) is 25.6. The summed E-state index contributed by atoms with van der Waals surface area (Å²) in [5.74, 6) is 15.0. The predicted molar refractivity (Wildman–Crippen MR) is 461 cm³/mol. The van der Waals surface area contributed by atoms with E-state index in [0.29, 0.717) is 76.1 Å². The van der Waals surface area contributed by atoms with Gasteiger partial charge in [0.2, 0.25) is 0 Å². The Labute approximate surface area is 681 Å². The fraction of sp³-hybridized carbons (Fsp3) is 1.00. The second-order valence-corrected chi connectivity index (χ2v) is 57.8. The summed E-state index contributed by atoms with van der Waals surface area (Å²) in [5.41, 5.74) is 67.3. The van der Waals surface area contributed by atoms with E-state index in [4.69, 9.17) is 51.6 Å². The highest BCUT2D eigenvalue weighted by Gasteiger charge is 2.66. The second-order valence-electron chi connectivity index (χ2n) is 57.8. The molecule has 0 spiro atoms. The maximum absolute atomic E-state index is 6.58. The number of nitrogens with two attached hydrogens (primary N) is 9. The van der Waals surface area contributed by atoms with E-state index in [-0.39, 0.29) is 38.8 Å².